The van der Waals surface area contributed by atoms with E-state index in [1.165, 1.54) is 0 Å². The van der Waals surface area contributed by atoms with Gasteiger partial charge >= 0.3 is 0 Å². The summed E-state index contributed by atoms with van der Waals surface area (Å²) in [4.78, 5) is 26.7. The minimum atomic E-state index is -0.386. The van der Waals surface area contributed by atoms with Crippen LogP contribution in [0.5, 0.6) is 0 Å². The van der Waals surface area contributed by atoms with Gasteiger partial charge in [0, 0.05) is 19.1 Å². The van der Waals surface area contributed by atoms with Crippen LogP contribution in [-0.2, 0) is 14.3 Å². The zero-order chi connectivity index (χ0) is 14.9. The highest BCUT2D eigenvalue weighted by atomic mass is 16.5. The summed E-state index contributed by atoms with van der Waals surface area (Å²) < 4.78 is 5.57. The molecule has 2 amide bonds. The fraction of sp³-hybridized carbons (Fsp3) is 0.867. The van der Waals surface area contributed by atoms with Crippen LogP contribution in [0.15, 0.2) is 0 Å². The number of ether oxygens (including phenoxy) is 1. The van der Waals surface area contributed by atoms with Crippen LogP contribution in [0, 0.1) is 11.8 Å². The molecule has 0 aromatic carbocycles. The fourth-order valence-corrected chi connectivity index (χ4v) is 3.13. The van der Waals surface area contributed by atoms with Crippen molar-refractivity contribution in [2.45, 2.75) is 58.7 Å². The lowest BCUT2D eigenvalue weighted by atomic mass is 9.94. The second-order valence-corrected chi connectivity index (χ2v) is 6.27. The molecule has 0 aromatic rings. The Balaban J connectivity index is 2.15. The van der Waals surface area contributed by atoms with Crippen LogP contribution in [0.3, 0.4) is 0 Å². The van der Waals surface area contributed by atoms with Crippen LogP contribution in [0.25, 0.3) is 0 Å². The summed E-state index contributed by atoms with van der Waals surface area (Å²) in [7, 11) is 0. The summed E-state index contributed by atoms with van der Waals surface area (Å²) in [6, 6.07) is -0.715. The Kier molecular flexibility index (Phi) is 4.68. The zero-order valence-corrected chi connectivity index (χ0v) is 12.9. The highest BCUT2D eigenvalue weighted by Gasteiger charge is 2.42. The first kappa shape index (κ1) is 15.3. The number of nitrogens with one attached hydrogen (secondary N) is 1. The molecule has 0 aliphatic carbocycles. The van der Waals surface area contributed by atoms with Gasteiger partial charge in [0.15, 0.2) is 0 Å². The maximum Gasteiger partial charge on any atom is 0.246 e. The van der Waals surface area contributed by atoms with E-state index in [2.05, 4.69) is 5.32 Å². The summed E-state index contributed by atoms with van der Waals surface area (Å²) in [5.41, 5.74) is 0. The summed E-state index contributed by atoms with van der Waals surface area (Å²) in [5.74, 6) is 0.499. The van der Waals surface area contributed by atoms with Crippen molar-refractivity contribution >= 4 is 11.8 Å². The van der Waals surface area contributed by atoms with Crippen LogP contribution in [0.4, 0.5) is 0 Å². The highest BCUT2D eigenvalue weighted by molar-refractivity contribution is 5.97. The molecule has 2 aliphatic heterocycles. The van der Waals surface area contributed by atoms with Crippen LogP contribution >= 0.6 is 0 Å². The van der Waals surface area contributed by atoms with E-state index in [9.17, 15) is 9.59 Å². The van der Waals surface area contributed by atoms with E-state index >= 15 is 0 Å². The lowest BCUT2D eigenvalue weighted by Crippen LogP contribution is -2.65. The summed E-state index contributed by atoms with van der Waals surface area (Å²) in [6.45, 7) is 9.32. The van der Waals surface area contributed by atoms with Gasteiger partial charge in [0.2, 0.25) is 11.8 Å². The van der Waals surface area contributed by atoms with E-state index in [-0.39, 0.29) is 35.9 Å². The number of nitrogens with zero attached hydrogens (tertiary/aromatic N) is 1. The Morgan fingerprint density at radius 3 is 2.60 bits per heavy atom. The molecule has 114 valence electrons. The van der Waals surface area contributed by atoms with Gasteiger partial charge in [0.1, 0.15) is 12.1 Å². The molecule has 2 heterocycles. The molecule has 0 bridgehead atoms. The number of amides is 2. The Morgan fingerprint density at radius 2 is 2.10 bits per heavy atom. The van der Waals surface area contributed by atoms with Crippen LogP contribution in [0.2, 0.25) is 0 Å². The molecule has 2 fully saturated rings. The molecule has 0 radical (unpaired) electrons. The predicted octanol–water partition coefficient (Wildman–Crippen LogP) is 1.17. The number of carbonyl (C=O) groups excluding carboxylic acids is 2. The average molecular weight is 282 g/mol. The van der Waals surface area contributed by atoms with Crippen LogP contribution in [0.1, 0.15) is 40.5 Å². The monoisotopic (exact) mass is 282 g/mol. The van der Waals surface area contributed by atoms with Gasteiger partial charge in [-0.05, 0) is 25.7 Å². The normalized spacial score (nSPS) is 34.8. The molecule has 20 heavy (non-hydrogen) atoms. The number of hydrogen-bond donors (Lipinski definition) is 1. The van der Waals surface area contributed by atoms with E-state index < -0.39 is 0 Å². The van der Waals surface area contributed by atoms with E-state index in [0.29, 0.717) is 18.9 Å². The van der Waals surface area contributed by atoms with Crippen molar-refractivity contribution in [1.82, 2.24) is 10.2 Å². The predicted molar refractivity (Wildman–Crippen MR) is 76.1 cm³/mol. The summed E-state index contributed by atoms with van der Waals surface area (Å²) in [6.07, 6.45) is 1.79. The number of rotatable bonds is 4. The van der Waals surface area contributed by atoms with Gasteiger partial charge in [0.25, 0.3) is 0 Å². The second-order valence-electron chi connectivity index (χ2n) is 6.27. The first-order valence-corrected chi connectivity index (χ1v) is 7.68. The standard InChI is InChI=1S/C15H26N2O3/c1-5-12-14(18)16-13(9(2)3)15(19)17(12)8-11-6-7-20-10(11)4/h9-13H,5-8H2,1-4H3,(H,16,18). The highest BCUT2D eigenvalue weighted by Crippen LogP contribution is 2.25. The van der Waals surface area contributed by atoms with Crippen molar-refractivity contribution in [3.8, 4) is 0 Å². The third kappa shape index (κ3) is 2.82. The Labute approximate surface area is 121 Å². The summed E-state index contributed by atoms with van der Waals surface area (Å²) in [5, 5.41) is 2.87. The molecule has 5 heteroatoms. The van der Waals surface area contributed by atoms with Crippen molar-refractivity contribution < 1.29 is 14.3 Å². The Hall–Kier alpha value is -1.10. The molecule has 0 spiro atoms. The third-order valence-electron chi connectivity index (χ3n) is 4.54. The van der Waals surface area contributed by atoms with Gasteiger partial charge in [-0.1, -0.05) is 20.8 Å². The molecule has 4 unspecified atom stereocenters. The lowest BCUT2D eigenvalue weighted by Gasteiger charge is -2.41. The quantitative estimate of drug-likeness (QED) is 0.842. The second kappa shape index (κ2) is 6.12. The molecular formula is C15H26N2O3. The van der Waals surface area contributed by atoms with Crippen molar-refractivity contribution in [3.63, 3.8) is 0 Å². The van der Waals surface area contributed by atoms with Gasteiger partial charge in [-0.15, -0.1) is 0 Å². The Bertz CT molecular complexity index is 383. The molecule has 0 saturated carbocycles. The zero-order valence-electron chi connectivity index (χ0n) is 12.9. The van der Waals surface area contributed by atoms with Crippen molar-refractivity contribution in [2.24, 2.45) is 11.8 Å². The molecule has 1 N–H and O–H groups in total. The number of piperazine rings is 1. The van der Waals surface area contributed by atoms with Gasteiger partial charge in [-0.25, -0.2) is 0 Å². The molecule has 2 saturated heterocycles. The SMILES string of the molecule is CCC1C(=O)NC(C(C)C)C(=O)N1CC1CCOC1C. The molecule has 5 nitrogen and oxygen atoms in total. The van der Waals surface area contributed by atoms with E-state index in [0.717, 1.165) is 13.0 Å². The Morgan fingerprint density at radius 1 is 1.40 bits per heavy atom. The summed E-state index contributed by atoms with van der Waals surface area (Å²) >= 11 is 0. The molecule has 0 aromatic heterocycles. The van der Waals surface area contributed by atoms with Crippen molar-refractivity contribution in [3.05, 3.63) is 0 Å². The number of hydrogen-bond acceptors (Lipinski definition) is 3. The van der Waals surface area contributed by atoms with Gasteiger partial charge < -0.3 is 15.0 Å². The number of carbonyl (C=O) groups is 2. The first-order valence-electron chi connectivity index (χ1n) is 7.68. The minimum Gasteiger partial charge on any atom is -0.378 e. The first-order chi connectivity index (χ1) is 9.45. The molecular weight excluding hydrogens is 256 g/mol. The smallest absolute Gasteiger partial charge is 0.246 e. The van der Waals surface area contributed by atoms with Gasteiger partial charge in [0.05, 0.1) is 6.10 Å². The van der Waals surface area contributed by atoms with E-state index in [1.54, 1.807) is 4.90 Å². The maximum absolute atomic E-state index is 12.6. The van der Waals surface area contributed by atoms with E-state index in [4.69, 9.17) is 4.74 Å². The molecule has 2 aliphatic rings. The molecule has 4 atom stereocenters. The van der Waals surface area contributed by atoms with Crippen molar-refractivity contribution in [1.29, 1.82) is 0 Å². The lowest BCUT2D eigenvalue weighted by molar-refractivity contribution is -0.151. The van der Waals surface area contributed by atoms with Gasteiger partial charge in [-0.2, -0.15) is 0 Å². The van der Waals surface area contributed by atoms with Crippen LogP contribution in [-0.4, -0.2) is 48.1 Å². The fourth-order valence-electron chi connectivity index (χ4n) is 3.13. The van der Waals surface area contributed by atoms with Gasteiger partial charge in [-0.3, -0.25) is 9.59 Å². The largest absolute Gasteiger partial charge is 0.378 e. The van der Waals surface area contributed by atoms with Crippen molar-refractivity contribution in [2.75, 3.05) is 13.2 Å². The minimum absolute atomic E-state index is 0.0163. The van der Waals surface area contributed by atoms with E-state index in [1.807, 2.05) is 27.7 Å². The maximum atomic E-state index is 12.6. The average Bonchev–Trinajstić information content (AvgIpc) is 2.79. The molecule has 2 rings (SSSR count). The topological polar surface area (TPSA) is 58.6 Å². The van der Waals surface area contributed by atoms with Crippen LogP contribution < -0.4 is 5.32 Å². The third-order valence-corrected chi connectivity index (χ3v) is 4.54.